The van der Waals surface area contributed by atoms with Crippen LogP contribution in [0.3, 0.4) is 0 Å². The van der Waals surface area contributed by atoms with E-state index in [1.54, 1.807) is 62.8 Å². The Morgan fingerprint density at radius 2 is 1.43 bits per heavy atom. The molecular weight excluding hydrogens is 508 g/mol. The normalized spacial score (nSPS) is 14.5. The van der Waals surface area contributed by atoms with Crippen molar-refractivity contribution in [3.05, 3.63) is 114 Å². The highest BCUT2D eigenvalue weighted by Gasteiger charge is 2.39. The molecule has 8 heteroatoms. The Bertz CT molecular complexity index is 1440. The number of methoxy groups -OCH3 is 2. The lowest BCUT2D eigenvalue weighted by molar-refractivity contribution is -0.131. The summed E-state index contributed by atoms with van der Waals surface area (Å²) in [4.78, 5) is 29.6. The number of benzene rings is 4. The van der Waals surface area contributed by atoms with E-state index in [1.165, 1.54) is 4.90 Å². The van der Waals surface area contributed by atoms with Gasteiger partial charge in [-0.05, 0) is 59.7 Å². The number of anilines is 1. The predicted molar refractivity (Wildman–Crippen MR) is 151 cm³/mol. The summed E-state index contributed by atoms with van der Waals surface area (Å²) in [7, 11) is 3.18. The van der Waals surface area contributed by atoms with Crippen molar-refractivity contribution in [1.29, 1.82) is 0 Å². The molecule has 0 unspecified atom stereocenters. The van der Waals surface area contributed by atoms with Crippen LogP contribution < -0.4 is 29.2 Å². The Morgan fingerprint density at radius 1 is 0.825 bits per heavy atom. The van der Waals surface area contributed by atoms with E-state index in [4.69, 9.17) is 18.9 Å². The van der Waals surface area contributed by atoms with Crippen LogP contribution in [0.25, 0.3) is 0 Å². The number of nitrogens with zero attached hydrogens (tertiary/aromatic N) is 1. The molecule has 0 aromatic heterocycles. The zero-order valence-electron chi connectivity index (χ0n) is 22.3. The van der Waals surface area contributed by atoms with Crippen molar-refractivity contribution < 1.29 is 28.5 Å². The molecule has 4 aromatic rings. The van der Waals surface area contributed by atoms with Crippen LogP contribution in [0.4, 0.5) is 5.69 Å². The van der Waals surface area contributed by atoms with Crippen LogP contribution in [0.1, 0.15) is 17.2 Å². The van der Waals surface area contributed by atoms with Crippen LogP contribution in [0.5, 0.6) is 23.0 Å². The average molecular weight is 539 g/mol. The first-order valence-corrected chi connectivity index (χ1v) is 12.9. The van der Waals surface area contributed by atoms with Crippen LogP contribution in [0, 0.1) is 0 Å². The summed E-state index contributed by atoms with van der Waals surface area (Å²) < 4.78 is 22.5. The fraction of sp³-hybridized carbons (Fsp3) is 0.188. The Hall–Kier alpha value is -4.98. The van der Waals surface area contributed by atoms with Gasteiger partial charge in [0.1, 0.15) is 24.1 Å². The number of hydrogen-bond acceptors (Lipinski definition) is 6. The zero-order chi connectivity index (χ0) is 27.9. The first-order chi connectivity index (χ1) is 19.6. The second-order valence-corrected chi connectivity index (χ2v) is 9.15. The molecule has 2 atom stereocenters. The van der Waals surface area contributed by atoms with Gasteiger partial charge in [0.15, 0.2) is 11.5 Å². The maximum atomic E-state index is 14.2. The molecule has 2 amide bonds. The molecule has 1 N–H and O–H groups in total. The molecule has 4 aromatic carbocycles. The number of carbonyl (C=O) groups excluding carboxylic acids is 2. The van der Waals surface area contributed by atoms with Gasteiger partial charge in [0.2, 0.25) is 12.0 Å². The molecule has 0 fully saturated rings. The van der Waals surface area contributed by atoms with Gasteiger partial charge in [0, 0.05) is 12.2 Å². The molecule has 1 aliphatic rings. The minimum Gasteiger partial charge on any atom is -0.497 e. The third kappa shape index (κ3) is 5.86. The van der Waals surface area contributed by atoms with Crippen LogP contribution in [-0.4, -0.2) is 38.7 Å². The number of hydrogen-bond donors (Lipinski definition) is 1. The molecule has 0 saturated heterocycles. The van der Waals surface area contributed by atoms with E-state index >= 15 is 0 Å². The summed E-state index contributed by atoms with van der Waals surface area (Å²) >= 11 is 0. The number of ether oxygens (including phenoxy) is 4. The molecule has 1 aliphatic heterocycles. The Labute approximate surface area is 233 Å². The summed E-state index contributed by atoms with van der Waals surface area (Å²) in [5, 5.41) is 3.01. The van der Waals surface area contributed by atoms with Gasteiger partial charge in [-0.3, -0.25) is 14.5 Å². The van der Waals surface area contributed by atoms with E-state index in [0.717, 1.165) is 11.3 Å². The van der Waals surface area contributed by atoms with Gasteiger partial charge in [0.05, 0.1) is 14.2 Å². The predicted octanol–water partition coefficient (Wildman–Crippen LogP) is 4.93. The van der Waals surface area contributed by atoms with Crippen LogP contribution in [0.15, 0.2) is 103 Å². The Kier molecular flexibility index (Phi) is 8.15. The van der Waals surface area contributed by atoms with E-state index in [9.17, 15) is 9.59 Å². The molecular formula is C32H30N2O6. The molecule has 5 rings (SSSR count). The van der Waals surface area contributed by atoms with Crippen LogP contribution in [-0.2, 0) is 16.1 Å². The van der Waals surface area contributed by atoms with Crippen molar-refractivity contribution in [3.63, 3.8) is 0 Å². The van der Waals surface area contributed by atoms with Gasteiger partial charge in [-0.1, -0.05) is 54.6 Å². The van der Waals surface area contributed by atoms with Gasteiger partial charge < -0.3 is 24.3 Å². The highest BCUT2D eigenvalue weighted by atomic mass is 16.6. The topological polar surface area (TPSA) is 86.3 Å². The molecule has 40 heavy (non-hydrogen) atoms. The quantitative estimate of drug-likeness (QED) is 0.325. The number of carbonyl (C=O) groups is 2. The third-order valence-corrected chi connectivity index (χ3v) is 6.62. The number of amides is 2. The van der Waals surface area contributed by atoms with Crippen molar-refractivity contribution in [2.45, 2.75) is 18.7 Å². The molecule has 1 heterocycles. The maximum absolute atomic E-state index is 14.2. The lowest BCUT2D eigenvalue weighted by Gasteiger charge is -2.35. The summed E-state index contributed by atoms with van der Waals surface area (Å²) in [6, 6.07) is 29.8. The van der Waals surface area contributed by atoms with Gasteiger partial charge in [-0.15, -0.1) is 0 Å². The first kappa shape index (κ1) is 26.6. The number of fused-ring (bicyclic) bond motifs is 1. The lowest BCUT2D eigenvalue weighted by Crippen LogP contribution is -2.51. The third-order valence-electron chi connectivity index (χ3n) is 6.62. The summed E-state index contributed by atoms with van der Waals surface area (Å²) in [6.45, 7) is 0.282. The molecule has 204 valence electrons. The largest absolute Gasteiger partial charge is 0.497 e. The minimum absolute atomic E-state index is 0.0159. The van der Waals surface area contributed by atoms with E-state index < -0.39 is 18.1 Å². The van der Waals surface area contributed by atoms with E-state index in [1.807, 2.05) is 54.6 Å². The second kappa shape index (κ2) is 12.3. The SMILES string of the molecule is COc1ccc(CNC(=O)[C@H](c2ccc(OC)cc2)N(C(=O)[C@@H]2COc3ccccc3O2)c2ccccc2)cc1. The second-order valence-electron chi connectivity index (χ2n) is 9.15. The zero-order valence-corrected chi connectivity index (χ0v) is 22.3. The fourth-order valence-corrected chi connectivity index (χ4v) is 4.52. The Morgan fingerprint density at radius 3 is 2.08 bits per heavy atom. The molecule has 0 radical (unpaired) electrons. The van der Waals surface area contributed by atoms with Crippen molar-refractivity contribution in [2.24, 2.45) is 0 Å². The van der Waals surface area contributed by atoms with Gasteiger partial charge in [-0.25, -0.2) is 0 Å². The highest BCUT2D eigenvalue weighted by molar-refractivity contribution is 6.03. The van der Waals surface area contributed by atoms with Crippen molar-refractivity contribution >= 4 is 17.5 Å². The lowest BCUT2D eigenvalue weighted by atomic mass is 10.0. The minimum atomic E-state index is -1.00. The van der Waals surface area contributed by atoms with Gasteiger partial charge in [0.25, 0.3) is 5.91 Å². The van der Waals surface area contributed by atoms with Gasteiger partial charge >= 0.3 is 0 Å². The monoisotopic (exact) mass is 538 g/mol. The van der Waals surface area contributed by atoms with Gasteiger partial charge in [-0.2, -0.15) is 0 Å². The van der Waals surface area contributed by atoms with Crippen molar-refractivity contribution in [3.8, 4) is 23.0 Å². The fourth-order valence-electron chi connectivity index (χ4n) is 4.52. The highest BCUT2D eigenvalue weighted by Crippen LogP contribution is 2.34. The molecule has 8 nitrogen and oxygen atoms in total. The molecule has 0 bridgehead atoms. The summed E-state index contributed by atoms with van der Waals surface area (Å²) in [5.41, 5.74) is 2.05. The summed E-state index contributed by atoms with van der Waals surface area (Å²) in [6.07, 6.45) is -0.953. The summed E-state index contributed by atoms with van der Waals surface area (Å²) in [5.74, 6) is 1.66. The van der Waals surface area contributed by atoms with Crippen LogP contribution >= 0.6 is 0 Å². The molecule has 0 aliphatic carbocycles. The Balaban J connectivity index is 1.50. The van der Waals surface area contributed by atoms with E-state index in [-0.39, 0.29) is 19.1 Å². The molecule has 0 saturated carbocycles. The molecule has 0 spiro atoms. The number of rotatable bonds is 9. The maximum Gasteiger partial charge on any atom is 0.272 e. The van der Waals surface area contributed by atoms with Crippen LogP contribution in [0.2, 0.25) is 0 Å². The van der Waals surface area contributed by atoms with E-state index in [2.05, 4.69) is 5.32 Å². The van der Waals surface area contributed by atoms with E-state index in [0.29, 0.717) is 28.5 Å². The first-order valence-electron chi connectivity index (χ1n) is 12.9. The number of nitrogens with one attached hydrogen (secondary N) is 1. The van der Waals surface area contributed by atoms with Crippen molar-refractivity contribution in [2.75, 3.05) is 25.7 Å². The standard InChI is InChI=1S/C32H30N2O6/c1-37-25-16-12-22(13-17-25)20-33-31(35)30(23-14-18-26(38-2)19-15-23)34(24-8-4-3-5-9-24)32(36)29-21-39-27-10-6-7-11-28(27)40-29/h3-19,29-30H,20-21H2,1-2H3,(H,33,35)/t29-,30-/m0/s1. The number of para-hydroxylation sites is 3. The average Bonchev–Trinajstić information content (AvgIpc) is 3.02. The van der Waals surface area contributed by atoms with Crippen molar-refractivity contribution in [1.82, 2.24) is 5.32 Å². The smallest absolute Gasteiger partial charge is 0.272 e.